The number of hydrogen-bond donors (Lipinski definition) is 3. The molecule has 8 heteroatoms. The molecule has 2 rings (SSSR count). The summed E-state index contributed by atoms with van der Waals surface area (Å²) >= 11 is 3.41. The van der Waals surface area contributed by atoms with Gasteiger partial charge < -0.3 is 15.8 Å². The highest BCUT2D eigenvalue weighted by molar-refractivity contribution is 9.10. The average Bonchev–Trinajstić information content (AvgIpc) is 2.42. The van der Waals surface area contributed by atoms with Gasteiger partial charge in [0, 0.05) is 10.5 Å². The second-order valence-corrected chi connectivity index (χ2v) is 6.68. The predicted octanol–water partition coefficient (Wildman–Crippen LogP) is 2.43. The van der Waals surface area contributed by atoms with Crippen LogP contribution in [0.1, 0.15) is 0 Å². The molecule has 0 atom stereocenters. The van der Waals surface area contributed by atoms with Crippen LogP contribution in [-0.2, 0) is 10.0 Å². The van der Waals surface area contributed by atoms with Crippen LogP contribution in [0.25, 0.3) is 0 Å². The summed E-state index contributed by atoms with van der Waals surface area (Å²) in [6.07, 6.45) is 0. The fourth-order valence-electron chi connectivity index (χ4n) is 1.70. The van der Waals surface area contributed by atoms with Crippen LogP contribution >= 0.6 is 15.9 Å². The van der Waals surface area contributed by atoms with E-state index in [0.717, 1.165) is 10.2 Å². The third-order valence-corrected chi connectivity index (χ3v) is 4.40. The second kappa shape index (κ2) is 5.92. The molecule has 112 valence electrons. The largest absolute Gasteiger partial charge is 0.497 e. The highest BCUT2D eigenvalue weighted by Crippen LogP contribution is 2.32. The number of nitrogens with one attached hydrogen (secondary N) is 1. The highest BCUT2D eigenvalue weighted by atomic mass is 79.9. The van der Waals surface area contributed by atoms with E-state index in [0.29, 0.717) is 11.4 Å². The van der Waals surface area contributed by atoms with E-state index in [9.17, 15) is 8.42 Å². The summed E-state index contributed by atoms with van der Waals surface area (Å²) in [5.74, 6) is 0.681. The lowest BCUT2D eigenvalue weighted by atomic mass is 10.2. The van der Waals surface area contributed by atoms with Gasteiger partial charge in [0.1, 0.15) is 5.75 Å². The third kappa shape index (κ3) is 3.66. The third-order valence-electron chi connectivity index (χ3n) is 2.79. The fourth-order valence-corrected chi connectivity index (χ4v) is 2.60. The van der Waals surface area contributed by atoms with Crippen LogP contribution in [0, 0.1) is 0 Å². The van der Waals surface area contributed by atoms with Gasteiger partial charge >= 0.3 is 0 Å². The summed E-state index contributed by atoms with van der Waals surface area (Å²) in [6, 6.07) is 9.69. The first-order chi connectivity index (χ1) is 9.81. The van der Waals surface area contributed by atoms with Crippen LogP contribution in [0.15, 0.2) is 45.8 Å². The Balaban J connectivity index is 2.36. The fraction of sp³-hybridized carbons (Fsp3) is 0.0769. The minimum Gasteiger partial charge on any atom is -0.497 e. The van der Waals surface area contributed by atoms with Gasteiger partial charge in [-0.1, -0.05) is 0 Å². The van der Waals surface area contributed by atoms with Crippen molar-refractivity contribution in [2.75, 3.05) is 18.2 Å². The number of nitrogens with two attached hydrogens (primary N) is 2. The number of nitrogen functional groups attached to an aromatic ring is 1. The number of rotatable bonds is 4. The van der Waals surface area contributed by atoms with Gasteiger partial charge in [-0.2, -0.15) is 0 Å². The molecule has 21 heavy (non-hydrogen) atoms. The molecule has 2 aromatic carbocycles. The van der Waals surface area contributed by atoms with Crippen molar-refractivity contribution in [2.45, 2.75) is 4.90 Å². The van der Waals surface area contributed by atoms with Crippen molar-refractivity contribution in [1.29, 1.82) is 0 Å². The van der Waals surface area contributed by atoms with E-state index in [-0.39, 0.29) is 10.6 Å². The van der Waals surface area contributed by atoms with E-state index in [1.165, 1.54) is 12.1 Å². The van der Waals surface area contributed by atoms with E-state index < -0.39 is 10.0 Å². The van der Waals surface area contributed by atoms with E-state index in [1.807, 2.05) is 12.1 Å². The highest BCUT2D eigenvalue weighted by Gasteiger charge is 2.11. The van der Waals surface area contributed by atoms with Gasteiger partial charge in [-0.15, -0.1) is 0 Å². The van der Waals surface area contributed by atoms with Crippen LogP contribution in [-0.4, -0.2) is 15.5 Å². The number of anilines is 3. The molecule has 2 aromatic rings. The van der Waals surface area contributed by atoms with Crippen molar-refractivity contribution in [3.05, 3.63) is 40.9 Å². The van der Waals surface area contributed by atoms with Crippen molar-refractivity contribution in [2.24, 2.45) is 5.14 Å². The van der Waals surface area contributed by atoms with Crippen molar-refractivity contribution >= 4 is 43.0 Å². The molecule has 0 amide bonds. The normalized spacial score (nSPS) is 11.2. The van der Waals surface area contributed by atoms with Gasteiger partial charge in [-0.25, -0.2) is 13.6 Å². The Labute approximate surface area is 131 Å². The smallest absolute Gasteiger partial charge is 0.238 e. The predicted molar refractivity (Wildman–Crippen MR) is 86.2 cm³/mol. The standard InChI is InChI=1S/C13H14BrN3O3S/c1-20-8-2-4-10(14)13(6-8)17-12-5-3-9(7-11(12)15)21(16,18)19/h2-7,17H,15H2,1H3,(H2,16,18,19). The van der Waals surface area contributed by atoms with E-state index >= 15 is 0 Å². The minimum absolute atomic E-state index is 0.0322. The summed E-state index contributed by atoms with van der Waals surface area (Å²) < 4.78 is 28.5. The van der Waals surface area contributed by atoms with E-state index in [2.05, 4.69) is 21.2 Å². The minimum atomic E-state index is -3.77. The van der Waals surface area contributed by atoms with Gasteiger partial charge in [-0.3, -0.25) is 0 Å². The molecule has 0 aliphatic carbocycles. The Morgan fingerprint density at radius 2 is 1.86 bits per heavy atom. The maximum absolute atomic E-state index is 11.3. The lowest BCUT2D eigenvalue weighted by Gasteiger charge is -2.13. The van der Waals surface area contributed by atoms with Crippen molar-refractivity contribution in [3.8, 4) is 5.75 Å². The molecule has 0 radical (unpaired) electrons. The number of hydrogen-bond acceptors (Lipinski definition) is 5. The molecule has 0 unspecified atom stereocenters. The maximum Gasteiger partial charge on any atom is 0.238 e. The number of ether oxygens (including phenoxy) is 1. The van der Waals surface area contributed by atoms with E-state index in [4.69, 9.17) is 15.6 Å². The molecule has 0 fully saturated rings. The zero-order chi connectivity index (χ0) is 15.6. The molecule has 0 saturated carbocycles. The summed E-state index contributed by atoms with van der Waals surface area (Å²) in [5.41, 5.74) is 7.44. The second-order valence-electron chi connectivity index (χ2n) is 4.26. The number of primary sulfonamides is 1. The zero-order valence-corrected chi connectivity index (χ0v) is 13.5. The molecule has 0 heterocycles. The molecule has 0 saturated heterocycles. The van der Waals surface area contributed by atoms with Gasteiger partial charge in [0.2, 0.25) is 10.0 Å². The molecule has 5 N–H and O–H groups in total. The molecule has 0 spiro atoms. The lowest BCUT2D eigenvalue weighted by Crippen LogP contribution is -2.12. The van der Waals surface area contributed by atoms with Crippen LogP contribution in [0.3, 0.4) is 0 Å². The Hall–Kier alpha value is -1.77. The van der Waals surface area contributed by atoms with Gasteiger partial charge in [0.05, 0.1) is 29.1 Å². The monoisotopic (exact) mass is 371 g/mol. The number of halogens is 1. The van der Waals surface area contributed by atoms with Crippen LogP contribution in [0.5, 0.6) is 5.75 Å². The molecule has 0 aliphatic rings. The zero-order valence-electron chi connectivity index (χ0n) is 11.1. The Morgan fingerprint density at radius 1 is 1.14 bits per heavy atom. The maximum atomic E-state index is 11.3. The first kappa shape index (κ1) is 15.6. The topological polar surface area (TPSA) is 107 Å². The SMILES string of the molecule is COc1ccc(Br)c(Nc2ccc(S(N)(=O)=O)cc2N)c1. The van der Waals surface area contributed by atoms with E-state index in [1.54, 1.807) is 19.2 Å². The number of sulfonamides is 1. The quantitative estimate of drug-likeness (QED) is 0.715. The summed E-state index contributed by atoms with van der Waals surface area (Å²) in [6.45, 7) is 0. The number of methoxy groups -OCH3 is 1. The Kier molecular flexibility index (Phi) is 4.40. The molecule has 6 nitrogen and oxygen atoms in total. The van der Waals surface area contributed by atoms with Gasteiger partial charge in [0.25, 0.3) is 0 Å². The van der Waals surface area contributed by atoms with Gasteiger partial charge in [-0.05, 0) is 46.3 Å². The van der Waals surface area contributed by atoms with Crippen LogP contribution in [0.4, 0.5) is 17.1 Å². The van der Waals surface area contributed by atoms with Crippen LogP contribution in [0.2, 0.25) is 0 Å². The Morgan fingerprint density at radius 3 is 2.43 bits per heavy atom. The summed E-state index contributed by atoms with van der Waals surface area (Å²) in [7, 11) is -2.20. The van der Waals surface area contributed by atoms with Crippen molar-refractivity contribution in [3.63, 3.8) is 0 Å². The number of benzene rings is 2. The molecular formula is C13H14BrN3O3S. The lowest BCUT2D eigenvalue weighted by molar-refractivity contribution is 0.415. The summed E-state index contributed by atoms with van der Waals surface area (Å²) in [4.78, 5) is -0.0322. The van der Waals surface area contributed by atoms with Crippen molar-refractivity contribution < 1.29 is 13.2 Å². The molecule has 0 aromatic heterocycles. The average molecular weight is 372 g/mol. The molecule has 0 aliphatic heterocycles. The Bertz CT molecular complexity index is 778. The molecular weight excluding hydrogens is 358 g/mol. The van der Waals surface area contributed by atoms with Gasteiger partial charge in [0.15, 0.2) is 0 Å². The van der Waals surface area contributed by atoms with Crippen molar-refractivity contribution in [1.82, 2.24) is 0 Å². The van der Waals surface area contributed by atoms with Crippen LogP contribution < -0.4 is 20.9 Å². The first-order valence-corrected chi connectivity index (χ1v) is 8.18. The first-order valence-electron chi connectivity index (χ1n) is 5.84. The molecule has 0 bridgehead atoms. The summed E-state index contributed by atoms with van der Waals surface area (Å²) in [5, 5.41) is 8.17.